The number of carboxylic acid groups (broad SMARTS) is 1. The minimum Gasteiger partial charge on any atom is -0.479 e. The standard InChI is InChI=1S/C14H17NO4/c1-4-11(14(16)17)18-9-5-6-10-12(7-9)19-13(15-10)8(2)3/h5-8,11H,4H2,1-3H3,(H,16,17). The molecule has 1 N–H and O–H groups in total. The number of carbonyl (C=O) groups is 1. The van der Waals surface area contributed by atoms with Crippen LogP contribution < -0.4 is 4.74 Å². The SMILES string of the molecule is CCC(Oc1ccc2nc(C(C)C)oc2c1)C(=O)O. The molecular formula is C14H17NO4. The summed E-state index contributed by atoms with van der Waals surface area (Å²) in [6.45, 7) is 5.77. The Labute approximate surface area is 111 Å². The molecule has 0 spiro atoms. The van der Waals surface area contributed by atoms with E-state index in [9.17, 15) is 4.79 Å². The number of ether oxygens (including phenoxy) is 1. The average molecular weight is 263 g/mol. The maximum Gasteiger partial charge on any atom is 0.344 e. The zero-order chi connectivity index (χ0) is 14.0. The fourth-order valence-electron chi connectivity index (χ4n) is 1.72. The number of aliphatic carboxylic acids is 1. The predicted molar refractivity (Wildman–Crippen MR) is 70.4 cm³/mol. The average Bonchev–Trinajstić information content (AvgIpc) is 2.78. The van der Waals surface area contributed by atoms with Crippen LogP contribution in [0.4, 0.5) is 0 Å². The second kappa shape index (κ2) is 5.30. The molecule has 0 saturated heterocycles. The zero-order valence-electron chi connectivity index (χ0n) is 11.2. The van der Waals surface area contributed by atoms with Crippen molar-refractivity contribution in [1.29, 1.82) is 0 Å². The summed E-state index contributed by atoms with van der Waals surface area (Å²) in [5.74, 6) is 0.382. The van der Waals surface area contributed by atoms with Crippen LogP contribution in [0.15, 0.2) is 22.6 Å². The number of benzene rings is 1. The number of nitrogens with zero attached hydrogens (tertiary/aromatic N) is 1. The van der Waals surface area contributed by atoms with E-state index in [2.05, 4.69) is 4.98 Å². The molecule has 5 nitrogen and oxygen atoms in total. The summed E-state index contributed by atoms with van der Waals surface area (Å²) in [5, 5.41) is 8.96. The van der Waals surface area contributed by atoms with Gasteiger partial charge in [-0.05, 0) is 18.6 Å². The highest BCUT2D eigenvalue weighted by atomic mass is 16.5. The van der Waals surface area contributed by atoms with Gasteiger partial charge in [0, 0.05) is 12.0 Å². The Balaban J connectivity index is 2.28. The van der Waals surface area contributed by atoms with E-state index >= 15 is 0 Å². The summed E-state index contributed by atoms with van der Waals surface area (Å²) in [7, 11) is 0. The smallest absolute Gasteiger partial charge is 0.344 e. The van der Waals surface area contributed by atoms with E-state index in [4.69, 9.17) is 14.3 Å². The van der Waals surface area contributed by atoms with Crippen molar-refractivity contribution >= 4 is 17.1 Å². The Morgan fingerprint density at radius 2 is 2.21 bits per heavy atom. The molecule has 1 heterocycles. The third kappa shape index (κ3) is 2.86. The molecule has 1 aromatic carbocycles. The third-order valence-corrected chi connectivity index (χ3v) is 2.79. The number of hydrogen-bond acceptors (Lipinski definition) is 4. The summed E-state index contributed by atoms with van der Waals surface area (Å²) >= 11 is 0. The van der Waals surface area contributed by atoms with E-state index in [0.29, 0.717) is 23.6 Å². The lowest BCUT2D eigenvalue weighted by atomic mass is 10.2. The monoisotopic (exact) mass is 263 g/mol. The molecule has 102 valence electrons. The summed E-state index contributed by atoms with van der Waals surface area (Å²) in [5.41, 5.74) is 1.36. The van der Waals surface area contributed by atoms with Crippen LogP contribution in [-0.4, -0.2) is 22.2 Å². The molecule has 0 saturated carbocycles. The van der Waals surface area contributed by atoms with E-state index in [1.807, 2.05) is 13.8 Å². The molecule has 1 unspecified atom stereocenters. The van der Waals surface area contributed by atoms with Crippen LogP contribution in [0, 0.1) is 0 Å². The Morgan fingerprint density at radius 1 is 1.47 bits per heavy atom. The highest BCUT2D eigenvalue weighted by Gasteiger charge is 2.17. The van der Waals surface area contributed by atoms with Gasteiger partial charge in [0.15, 0.2) is 17.6 Å². The van der Waals surface area contributed by atoms with Gasteiger partial charge in [0.05, 0.1) is 0 Å². The van der Waals surface area contributed by atoms with Crippen molar-refractivity contribution in [1.82, 2.24) is 4.98 Å². The maximum absolute atomic E-state index is 10.9. The van der Waals surface area contributed by atoms with E-state index < -0.39 is 12.1 Å². The second-order valence-electron chi connectivity index (χ2n) is 4.69. The van der Waals surface area contributed by atoms with Crippen LogP contribution in [0.1, 0.15) is 39.0 Å². The number of carboxylic acids is 1. The minimum absolute atomic E-state index is 0.208. The molecule has 1 aromatic heterocycles. The van der Waals surface area contributed by atoms with Crippen molar-refractivity contribution in [2.75, 3.05) is 0 Å². The van der Waals surface area contributed by atoms with Gasteiger partial charge in [-0.3, -0.25) is 0 Å². The molecule has 1 atom stereocenters. The molecule has 2 aromatic rings. The molecule has 0 amide bonds. The summed E-state index contributed by atoms with van der Waals surface area (Å²) in [6.07, 6.45) is -0.439. The van der Waals surface area contributed by atoms with Gasteiger partial charge in [0.1, 0.15) is 11.3 Å². The van der Waals surface area contributed by atoms with Crippen LogP contribution in [0.2, 0.25) is 0 Å². The van der Waals surface area contributed by atoms with Crippen molar-refractivity contribution in [3.05, 3.63) is 24.1 Å². The third-order valence-electron chi connectivity index (χ3n) is 2.79. The number of hydrogen-bond donors (Lipinski definition) is 1. The number of aromatic nitrogens is 1. The molecule has 0 aliphatic rings. The first-order valence-electron chi connectivity index (χ1n) is 6.31. The number of rotatable bonds is 5. The first-order chi connectivity index (χ1) is 9.01. The van der Waals surface area contributed by atoms with Gasteiger partial charge in [0.25, 0.3) is 0 Å². The lowest BCUT2D eigenvalue weighted by molar-refractivity contribution is -0.145. The quantitative estimate of drug-likeness (QED) is 0.896. The molecule has 0 bridgehead atoms. The lowest BCUT2D eigenvalue weighted by Crippen LogP contribution is -2.25. The Bertz CT molecular complexity index is 588. The van der Waals surface area contributed by atoms with Crippen molar-refractivity contribution < 1.29 is 19.1 Å². The Morgan fingerprint density at radius 3 is 2.79 bits per heavy atom. The molecular weight excluding hydrogens is 246 g/mol. The van der Waals surface area contributed by atoms with Crippen molar-refractivity contribution in [2.45, 2.75) is 39.2 Å². The number of fused-ring (bicyclic) bond motifs is 1. The zero-order valence-corrected chi connectivity index (χ0v) is 11.2. The van der Waals surface area contributed by atoms with Gasteiger partial charge in [-0.25, -0.2) is 9.78 Å². The normalized spacial score (nSPS) is 12.8. The van der Waals surface area contributed by atoms with Crippen molar-refractivity contribution in [3.63, 3.8) is 0 Å². The van der Waals surface area contributed by atoms with Gasteiger partial charge in [-0.2, -0.15) is 0 Å². The van der Waals surface area contributed by atoms with Crippen LogP contribution in [0.25, 0.3) is 11.1 Å². The lowest BCUT2D eigenvalue weighted by Gasteiger charge is -2.12. The first kappa shape index (κ1) is 13.4. The summed E-state index contributed by atoms with van der Waals surface area (Å²) in [6, 6.07) is 5.16. The number of oxazole rings is 1. The van der Waals surface area contributed by atoms with E-state index in [-0.39, 0.29) is 5.92 Å². The summed E-state index contributed by atoms with van der Waals surface area (Å²) in [4.78, 5) is 15.3. The summed E-state index contributed by atoms with van der Waals surface area (Å²) < 4.78 is 11.0. The Kier molecular flexibility index (Phi) is 3.74. The van der Waals surface area contributed by atoms with E-state index in [0.717, 1.165) is 5.52 Å². The molecule has 0 aliphatic carbocycles. The van der Waals surface area contributed by atoms with Crippen molar-refractivity contribution in [3.8, 4) is 5.75 Å². The molecule has 5 heteroatoms. The second-order valence-corrected chi connectivity index (χ2v) is 4.69. The fraction of sp³-hybridized carbons (Fsp3) is 0.429. The van der Waals surface area contributed by atoms with E-state index in [1.165, 1.54) is 0 Å². The highest BCUT2D eigenvalue weighted by Crippen LogP contribution is 2.25. The molecule has 0 fully saturated rings. The van der Waals surface area contributed by atoms with Gasteiger partial charge in [-0.1, -0.05) is 20.8 Å². The molecule has 0 aliphatic heterocycles. The molecule has 2 rings (SSSR count). The van der Waals surface area contributed by atoms with Gasteiger partial charge >= 0.3 is 5.97 Å². The minimum atomic E-state index is -0.969. The van der Waals surface area contributed by atoms with Crippen LogP contribution in [0.3, 0.4) is 0 Å². The largest absolute Gasteiger partial charge is 0.479 e. The van der Waals surface area contributed by atoms with Crippen LogP contribution in [-0.2, 0) is 4.79 Å². The van der Waals surface area contributed by atoms with E-state index in [1.54, 1.807) is 25.1 Å². The van der Waals surface area contributed by atoms with Crippen LogP contribution in [0.5, 0.6) is 5.75 Å². The van der Waals surface area contributed by atoms with Gasteiger partial charge in [-0.15, -0.1) is 0 Å². The molecule has 0 radical (unpaired) electrons. The molecule has 19 heavy (non-hydrogen) atoms. The topological polar surface area (TPSA) is 72.6 Å². The van der Waals surface area contributed by atoms with Crippen molar-refractivity contribution in [2.24, 2.45) is 0 Å². The van der Waals surface area contributed by atoms with Gasteiger partial charge in [0.2, 0.25) is 0 Å². The predicted octanol–water partition coefficient (Wildman–Crippen LogP) is 3.19. The maximum atomic E-state index is 10.9. The Hall–Kier alpha value is -2.04. The first-order valence-corrected chi connectivity index (χ1v) is 6.31. The van der Waals surface area contributed by atoms with Crippen LogP contribution >= 0.6 is 0 Å². The fourth-order valence-corrected chi connectivity index (χ4v) is 1.72. The van der Waals surface area contributed by atoms with Gasteiger partial charge < -0.3 is 14.3 Å². The highest BCUT2D eigenvalue weighted by molar-refractivity contribution is 5.75.